The van der Waals surface area contributed by atoms with Gasteiger partial charge < -0.3 is 15.0 Å². The molecule has 1 amide bonds. The van der Waals surface area contributed by atoms with E-state index < -0.39 is 0 Å². The van der Waals surface area contributed by atoms with E-state index in [1.54, 1.807) is 19.1 Å². The van der Waals surface area contributed by atoms with Crippen LogP contribution in [-0.2, 0) is 16.1 Å². The van der Waals surface area contributed by atoms with Crippen molar-refractivity contribution in [2.45, 2.75) is 13.5 Å². The standard InChI is InChI=1S/C17H20N4O3/c1-13-11-16(23)21(17(18-13)20-7-9-24-10-8-20)12-15(22)19-14-5-3-2-4-6-14/h2-6,11H,7-10,12H2,1H3,(H,19,22). The van der Waals surface area contributed by atoms with Crippen LogP contribution < -0.4 is 15.8 Å². The predicted molar refractivity (Wildman–Crippen MR) is 91.3 cm³/mol. The molecule has 7 heteroatoms. The van der Waals surface area contributed by atoms with E-state index in [1.165, 1.54) is 10.6 Å². The highest BCUT2D eigenvalue weighted by atomic mass is 16.5. The van der Waals surface area contributed by atoms with Crippen molar-refractivity contribution in [1.29, 1.82) is 0 Å². The average molecular weight is 328 g/mol. The van der Waals surface area contributed by atoms with Crippen LogP contribution in [0.2, 0.25) is 0 Å². The molecule has 7 nitrogen and oxygen atoms in total. The molecule has 0 spiro atoms. The summed E-state index contributed by atoms with van der Waals surface area (Å²) in [7, 11) is 0. The minimum Gasteiger partial charge on any atom is -0.378 e. The lowest BCUT2D eigenvalue weighted by molar-refractivity contribution is -0.116. The van der Waals surface area contributed by atoms with Gasteiger partial charge in [-0.1, -0.05) is 18.2 Å². The number of amides is 1. The van der Waals surface area contributed by atoms with Crippen molar-refractivity contribution in [2.75, 3.05) is 36.5 Å². The van der Waals surface area contributed by atoms with Gasteiger partial charge in [0.2, 0.25) is 11.9 Å². The number of carbonyl (C=O) groups is 1. The molecule has 0 atom stereocenters. The number of benzene rings is 1. The second-order valence-electron chi connectivity index (χ2n) is 5.64. The van der Waals surface area contributed by atoms with Crippen molar-refractivity contribution in [3.05, 3.63) is 52.4 Å². The third kappa shape index (κ3) is 3.80. The Balaban J connectivity index is 1.83. The zero-order valence-electron chi connectivity index (χ0n) is 13.6. The fourth-order valence-electron chi connectivity index (χ4n) is 2.62. The first-order valence-corrected chi connectivity index (χ1v) is 7.89. The number of carbonyl (C=O) groups excluding carboxylic acids is 1. The first-order chi connectivity index (χ1) is 11.6. The number of aryl methyl sites for hydroxylation is 1. The Kier molecular flexibility index (Phi) is 4.90. The highest BCUT2D eigenvalue weighted by Gasteiger charge is 2.19. The Morgan fingerprint density at radius 1 is 1.25 bits per heavy atom. The Labute approximate surface area is 139 Å². The van der Waals surface area contributed by atoms with E-state index in [2.05, 4.69) is 10.3 Å². The Morgan fingerprint density at radius 3 is 2.67 bits per heavy atom. The molecule has 1 fully saturated rings. The molecule has 2 heterocycles. The molecule has 126 valence electrons. The van der Waals surface area contributed by atoms with Crippen molar-refractivity contribution in [1.82, 2.24) is 9.55 Å². The number of morpholine rings is 1. The molecule has 1 N–H and O–H groups in total. The van der Waals surface area contributed by atoms with Crippen molar-refractivity contribution in [2.24, 2.45) is 0 Å². The van der Waals surface area contributed by atoms with Gasteiger partial charge in [-0.3, -0.25) is 14.2 Å². The Bertz CT molecular complexity index is 767. The highest BCUT2D eigenvalue weighted by Crippen LogP contribution is 2.12. The van der Waals surface area contributed by atoms with E-state index in [9.17, 15) is 9.59 Å². The van der Waals surface area contributed by atoms with E-state index in [0.717, 1.165) is 0 Å². The Morgan fingerprint density at radius 2 is 1.96 bits per heavy atom. The third-order valence-corrected chi connectivity index (χ3v) is 3.77. The van der Waals surface area contributed by atoms with Crippen molar-refractivity contribution >= 4 is 17.5 Å². The molecule has 1 aromatic carbocycles. The Hall–Kier alpha value is -2.67. The number of anilines is 2. The van der Waals surface area contributed by atoms with Crippen LogP contribution in [0, 0.1) is 6.92 Å². The molecule has 0 unspecified atom stereocenters. The lowest BCUT2D eigenvalue weighted by Gasteiger charge is -2.29. The topological polar surface area (TPSA) is 76.5 Å². The highest BCUT2D eigenvalue weighted by molar-refractivity contribution is 5.90. The minimum absolute atomic E-state index is 0.0757. The number of nitrogens with zero attached hydrogens (tertiary/aromatic N) is 3. The van der Waals surface area contributed by atoms with Gasteiger partial charge in [-0.15, -0.1) is 0 Å². The second kappa shape index (κ2) is 7.27. The molecule has 0 aliphatic carbocycles. The number of hydrogen-bond acceptors (Lipinski definition) is 5. The molecule has 1 aliphatic rings. The normalized spacial score (nSPS) is 14.5. The smallest absolute Gasteiger partial charge is 0.255 e. The molecular weight excluding hydrogens is 308 g/mol. The van der Waals surface area contributed by atoms with Crippen LogP contribution in [0.4, 0.5) is 11.6 Å². The number of aromatic nitrogens is 2. The summed E-state index contributed by atoms with van der Waals surface area (Å²) in [4.78, 5) is 31.1. The number of rotatable bonds is 4. The predicted octanol–water partition coefficient (Wildman–Crippen LogP) is 1.03. The quantitative estimate of drug-likeness (QED) is 0.907. The van der Waals surface area contributed by atoms with Gasteiger partial charge >= 0.3 is 0 Å². The lowest BCUT2D eigenvalue weighted by Crippen LogP contribution is -2.41. The number of ether oxygens (including phenoxy) is 1. The monoisotopic (exact) mass is 328 g/mol. The first-order valence-electron chi connectivity index (χ1n) is 7.89. The summed E-state index contributed by atoms with van der Waals surface area (Å²) >= 11 is 0. The van der Waals surface area contributed by atoms with Crippen molar-refractivity contribution < 1.29 is 9.53 Å². The number of hydrogen-bond donors (Lipinski definition) is 1. The first kappa shape index (κ1) is 16.2. The van der Waals surface area contributed by atoms with Crippen LogP contribution in [-0.4, -0.2) is 41.8 Å². The molecule has 2 aromatic rings. The zero-order valence-corrected chi connectivity index (χ0v) is 13.6. The van der Waals surface area contributed by atoms with Crippen LogP contribution in [0.1, 0.15) is 5.69 Å². The van der Waals surface area contributed by atoms with Crippen molar-refractivity contribution in [3.63, 3.8) is 0 Å². The SMILES string of the molecule is Cc1cc(=O)n(CC(=O)Nc2ccccc2)c(N2CCOCC2)n1. The number of nitrogens with one attached hydrogen (secondary N) is 1. The largest absolute Gasteiger partial charge is 0.378 e. The van der Waals surface area contributed by atoms with E-state index in [-0.39, 0.29) is 18.0 Å². The minimum atomic E-state index is -0.261. The van der Waals surface area contributed by atoms with E-state index in [0.29, 0.717) is 43.6 Å². The molecule has 1 aromatic heterocycles. The van der Waals surface area contributed by atoms with Gasteiger partial charge in [-0.2, -0.15) is 0 Å². The van der Waals surface area contributed by atoms with Crippen LogP contribution in [0.25, 0.3) is 0 Å². The molecule has 0 radical (unpaired) electrons. The van der Waals surface area contributed by atoms with Crippen LogP contribution >= 0.6 is 0 Å². The third-order valence-electron chi connectivity index (χ3n) is 3.77. The molecule has 0 saturated carbocycles. The summed E-state index contributed by atoms with van der Waals surface area (Å²) in [6.45, 7) is 4.17. The molecule has 24 heavy (non-hydrogen) atoms. The second-order valence-corrected chi connectivity index (χ2v) is 5.64. The fraction of sp³-hybridized carbons (Fsp3) is 0.353. The fourth-order valence-corrected chi connectivity index (χ4v) is 2.62. The molecule has 1 aliphatic heterocycles. The van der Waals surface area contributed by atoms with Crippen LogP contribution in [0.5, 0.6) is 0 Å². The number of para-hydroxylation sites is 1. The summed E-state index contributed by atoms with van der Waals surface area (Å²) in [5.74, 6) is 0.259. The van der Waals surface area contributed by atoms with E-state index >= 15 is 0 Å². The molecule has 1 saturated heterocycles. The molecule has 3 rings (SSSR count). The molecular formula is C17H20N4O3. The van der Waals surface area contributed by atoms with Gasteiger partial charge in [0.15, 0.2) is 0 Å². The van der Waals surface area contributed by atoms with Gasteiger partial charge in [0, 0.05) is 30.5 Å². The van der Waals surface area contributed by atoms with Crippen molar-refractivity contribution in [3.8, 4) is 0 Å². The van der Waals surface area contributed by atoms with E-state index in [4.69, 9.17) is 4.74 Å². The summed E-state index contributed by atoms with van der Waals surface area (Å²) in [6, 6.07) is 10.6. The summed E-state index contributed by atoms with van der Waals surface area (Å²) in [6.07, 6.45) is 0. The van der Waals surface area contributed by atoms with Gasteiger partial charge in [0.05, 0.1) is 13.2 Å². The average Bonchev–Trinajstić information content (AvgIpc) is 2.59. The zero-order chi connectivity index (χ0) is 16.9. The summed E-state index contributed by atoms with van der Waals surface area (Å²) in [5.41, 5.74) is 1.11. The molecule has 0 bridgehead atoms. The van der Waals surface area contributed by atoms with Crippen LogP contribution in [0.3, 0.4) is 0 Å². The van der Waals surface area contributed by atoms with Gasteiger partial charge in [0.25, 0.3) is 5.56 Å². The van der Waals surface area contributed by atoms with Crippen LogP contribution in [0.15, 0.2) is 41.2 Å². The maximum absolute atomic E-state index is 12.4. The van der Waals surface area contributed by atoms with Gasteiger partial charge in [-0.25, -0.2) is 4.98 Å². The summed E-state index contributed by atoms with van der Waals surface area (Å²) in [5, 5.41) is 2.79. The maximum Gasteiger partial charge on any atom is 0.255 e. The summed E-state index contributed by atoms with van der Waals surface area (Å²) < 4.78 is 6.76. The maximum atomic E-state index is 12.4. The van der Waals surface area contributed by atoms with Gasteiger partial charge in [-0.05, 0) is 19.1 Å². The van der Waals surface area contributed by atoms with E-state index in [1.807, 2.05) is 23.1 Å². The lowest BCUT2D eigenvalue weighted by atomic mass is 10.3. The van der Waals surface area contributed by atoms with Gasteiger partial charge in [0.1, 0.15) is 6.54 Å².